The van der Waals surface area contributed by atoms with E-state index in [1.807, 2.05) is 6.07 Å². The molecule has 168 valence electrons. The Morgan fingerprint density at radius 3 is 2.09 bits per heavy atom. The number of hydrogen-bond donors (Lipinski definition) is 1. The van der Waals surface area contributed by atoms with E-state index >= 15 is 0 Å². The molecule has 0 aromatic heterocycles. The monoisotopic (exact) mass is 439 g/mol. The SMILES string of the molecule is CCOC(=O)Oc1ccc(C(=O)N2CCN(C(=O)CNC(=O)c3ccccc3)CC2)cc1. The van der Waals surface area contributed by atoms with Crippen LogP contribution < -0.4 is 10.1 Å². The van der Waals surface area contributed by atoms with Crippen LogP contribution >= 0.6 is 0 Å². The lowest BCUT2D eigenvalue weighted by Gasteiger charge is -2.34. The second-order valence-corrected chi connectivity index (χ2v) is 7.03. The van der Waals surface area contributed by atoms with Crippen molar-refractivity contribution in [3.8, 4) is 5.75 Å². The van der Waals surface area contributed by atoms with Crippen molar-refractivity contribution in [1.29, 1.82) is 0 Å². The normalized spacial score (nSPS) is 13.3. The van der Waals surface area contributed by atoms with Gasteiger partial charge in [0.2, 0.25) is 5.91 Å². The lowest BCUT2D eigenvalue weighted by molar-refractivity contribution is -0.131. The van der Waals surface area contributed by atoms with Gasteiger partial charge in [-0.3, -0.25) is 14.4 Å². The van der Waals surface area contributed by atoms with Crippen molar-refractivity contribution in [2.24, 2.45) is 0 Å². The average molecular weight is 439 g/mol. The number of hydrogen-bond acceptors (Lipinski definition) is 6. The summed E-state index contributed by atoms with van der Waals surface area (Å²) >= 11 is 0. The van der Waals surface area contributed by atoms with Crippen LogP contribution in [-0.2, 0) is 9.53 Å². The Balaban J connectivity index is 1.45. The number of benzene rings is 2. The van der Waals surface area contributed by atoms with Crippen LogP contribution in [0.4, 0.5) is 4.79 Å². The first-order valence-electron chi connectivity index (χ1n) is 10.3. The van der Waals surface area contributed by atoms with Crippen molar-refractivity contribution in [1.82, 2.24) is 15.1 Å². The molecule has 1 aliphatic heterocycles. The molecular weight excluding hydrogens is 414 g/mol. The first kappa shape index (κ1) is 22.8. The highest BCUT2D eigenvalue weighted by molar-refractivity contribution is 5.96. The van der Waals surface area contributed by atoms with Crippen LogP contribution in [0.5, 0.6) is 5.75 Å². The van der Waals surface area contributed by atoms with Crippen molar-refractivity contribution in [2.45, 2.75) is 6.92 Å². The standard InChI is InChI=1S/C23H25N3O6/c1-2-31-23(30)32-19-10-8-18(9-11-19)22(29)26-14-12-25(13-15-26)20(27)16-24-21(28)17-6-4-3-5-7-17/h3-11H,2,12-16H2,1H3,(H,24,28). The van der Waals surface area contributed by atoms with E-state index in [-0.39, 0.29) is 36.6 Å². The van der Waals surface area contributed by atoms with Crippen LogP contribution in [-0.4, -0.2) is 73.0 Å². The maximum absolute atomic E-state index is 12.7. The molecule has 3 rings (SSSR count). The minimum atomic E-state index is -0.799. The quantitative estimate of drug-likeness (QED) is 0.545. The zero-order valence-electron chi connectivity index (χ0n) is 17.8. The second kappa shape index (κ2) is 10.9. The van der Waals surface area contributed by atoms with Crippen molar-refractivity contribution >= 4 is 23.9 Å². The number of carbonyl (C=O) groups excluding carboxylic acids is 4. The Labute approximate surface area is 185 Å². The number of amides is 3. The summed E-state index contributed by atoms with van der Waals surface area (Å²) in [6.45, 7) is 3.34. The molecule has 1 fully saturated rings. The largest absolute Gasteiger partial charge is 0.513 e. The minimum absolute atomic E-state index is 0.0936. The highest BCUT2D eigenvalue weighted by Gasteiger charge is 2.25. The van der Waals surface area contributed by atoms with Gasteiger partial charge >= 0.3 is 6.16 Å². The van der Waals surface area contributed by atoms with Gasteiger partial charge in [-0.2, -0.15) is 0 Å². The van der Waals surface area contributed by atoms with Gasteiger partial charge in [0.25, 0.3) is 11.8 Å². The van der Waals surface area contributed by atoms with Gasteiger partial charge in [-0.1, -0.05) is 18.2 Å². The summed E-state index contributed by atoms with van der Waals surface area (Å²) in [6, 6.07) is 14.9. The molecule has 1 heterocycles. The van der Waals surface area contributed by atoms with Crippen LogP contribution in [0, 0.1) is 0 Å². The Bertz CT molecular complexity index is 953. The molecule has 0 saturated carbocycles. The summed E-state index contributed by atoms with van der Waals surface area (Å²) in [6.07, 6.45) is -0.799. The maximum atomic E-state index is 12.7. The minimum Gasteiger partial charge on any atom is -0.434 e. The molecule has 2 aromatic carbocycles. The van der Waals surface area contributed by atoms with Crippen molar-refractivity contribution in [2.75, 3.05) is 39.3 Å². The van der Waals surface area contributed by atoms with E-state index in [4.69, 9.17) is 9.47 Å². The third-order valence-electron chi connectivity index (χ3n) is 4.92. The van der Waals surface area contributed by atoms with Crippen LogP contribution in [0.25, 0.3) is 0 Å². The van der Waals surface area contributed by atoms with Crippen molar-refractivity contribution in [3.63, 3.8) is 0 Å². The smallest absolute Gasteiger partial charge is 0.434 e. The maximum Gasteiger partial charge on any atom is 0.513 e. The molecule has 3 amide bonds. The molecule has 0 aliphatic carbocycles. The Morgan fingerprint density at radius 1 is 0.844 bits per heavy atom. The van der Waals surface area contributed by atoms with Gasteiger partial charge in [0.1, 0.15) is 5.75 Å². The van der Waals surface area contributed by atoms with Crippen molar-refractivity contribution < 1.29 is 28.7 Å². The summed E-state index contributed by atoms with van der Waals surface area (Å²) in [5.41, 5.74) is 0.950. The first-order valence-corrected chi connectivity index (χ1v) is 10.3. The molecule has 0 unspecified atom stereocenters. The molecule has 1 aliphatic rings. The third kappa shape index (κ3) is 6.07. The third-order valence-corrected chi connectivity index (χ3v) is 4.92. The van der Waals surface area contributed by atoms with E-state index in [0.717, 1.165) is 0 Å². The van der Waals surface area contributed by atoms with Gasteiger partial charge in [-0.25, -0.2) is 4.79 Å². The molecule has 0 spiro atoms. The summed E-state index contributed by atoms with van der Waals surface area (Å²) in [5.74, 6) is -0.380. The fourth-order valence-corrected chi connectivity index (χ4v) is 3.21. The first-order chi connectivity index (χ1) is 15.5. The summed E-state index contributed by atoms with van der Waals surface area (Å²) in [4.78, 5) is 51.8. The number of carbonyl (C=O) groups is 4. The van der Waals surface area contributed by atoms with Crippen LogP contribution in [0.15, 0.2) is 54.6 Å². The molecule has 0 bridgehead atoms. The fraction of sp³-hybridized carbons (Fsp3) is 0.304. The average Bonchev–Trinajstić information content (AvgIpc) is 2.83. The van der Waals surface area contributed by atoms with Gasteiger partial charge < -0.3 is 24.6 Å². The molecule has 2 aromatic rings. The topological polar surface area (TPSA) is 105 Å². The van der Waals surface area contributed by atoms with E-state index in [1.54, 1.807) is 53.1 Å². The van der Waals surface area contributed by atoms with Gasteiger partial charge in [0, 0.05) is 37.3 Å². The van der Waals surface area contributed by atoms with Crippen LogP contribution in [0.3, 0.4) is 0 Å². The van der Waals surface area contributed by atoms with E-state index in [0.29, 0.717) is 37.3 Å². The Hall–Kier alpha value is -3.88. The predicted octanol–water partition coefficient (Wildman–Crippen LogP) is 1.94. The van der Waals surface area contributed by atoms with Gasteiger partial charge in [-0.05, 0) is 43.3 Å². The summed E-state index contributed by atoms with van der Waals surface area (Å²) in [5, 5.41) is 2.63. The van der Waals surface area contributed by atoms with E-state index in [9.17, 15) is 19.2 Å². The molecule has 1 N–H and O–H groups in total. The molecule has 0 radical (unpaired) electrons. The van der Waals surface area contributed by atoms with Gasteiger partial charge in [0.15, 0.2) is 0 Å². The lowest BCUT2D eigenvalue weighted by atomic mass is 10.1. The molecule has 1 saturated heterocycles. The lowest BCUT2D eigenvalue weighted by Crippen LogP contribution is -2.52. The zero-order chi connectivity index (χ0) is 22.9. The second-order valence-electron chi connectivity index (χ2n) is 7.03. The zero-order valence-corrected chi connectivity index (χ0v) is 17.8. The molecule has 9 heteroatoms. The number of nitrogens with zero attached hydrogens (tertiary/aromatic N) is 2. The molecular formula is C23H25N3O6. The Morgan fingerprint density at radius 2 is 1.47 bits per heavy atom. The number of piperazine rings is 1. The summed E-state index contributed by atoms with van der Waals surface area (Å²) < 4.78 is 9.69. The fourth-order valence-electron chi connectivity index (χ4n) is 3.21. The Kier molecular flexibility index (Phi) is 7.80. The van der Waals surface area contributed by atoms with Crippen LogP contribution in [0.1, 0.15) is 27.6 Å². The van der Waals surface area contributed by atoms with E-state index < -0.39 is 6.16 Å². The molecule has 0 atom stereocenters. The van der Waals surface area contributed by atoms with Crippen LogP contribution in [0.2, 0.25) is 0 Å². The van der Waals surface area contributed by atoms with Gasteiger partial charge in [0.05, 0.1) is 13.2 Å². The highest BCUT2D eigenvalue weighted by Crippen LogP contribution is 2.15. The van der Waals surface area contributed by atoms with Crippen molar-refractivity contribution in [3.05, 3.63) is 65.7 Å². The molecule has 32 heavy (non-hydrogen) atoms. The molecule has 9 nitrogen and oxygen atoms in total. The summed E-state index contributed by atoms with van der Waals surface area (Å²) in [7, 11) is 0. The number of rotatable bonds is 6. The predicted molar refractivity (Wildman–Crippen MR) is 115 cm³/mol. The van der Waals surface area contributed by atoms with E-state index in [2.05, 4.69) is 5.32 Å². The number of nitrogens with one attached hydrogen (secondary N) is 1. The highest BCUT2D eigenvalue weighted by atomic mass is 16.7. The van der Waals surface area contributed by atoms with E-state index in [1.165, 1.54) is 12.1 Å². The number of ether oxygens (including phenoxy) is 2. The van der Waals surface area contributed by atoms with Gasteiger partial charge in [-0.15, -0.1) is 0 Å².